The third-order valence-electron chi connectivity index (χ3n) is 7.62. The number of hydrogen-bond donors (Lipinski definition) is 1. The van der Waals surface area contributed by atoms with Gasteiger partial charge < -0.3 is 19.5 Å². The molecule has 2 aromatic rings. The molecule has 1 aromatic heterocycles. The molecule has 0 bridgehead atoms. The van der Waals surface area contributed by atoms with Gasteiger partial charge in [-0.1, -0.05) is 13.8 Å². The Morgan fingerprint density at radius 1 is 1.19 bits per heavy atom. The number of ether oxygens (including phenoxy) is 1. The molecule has 1 atom stereocenters. The van der Waals surface area contributed by atoms with Crippen molar-refractivity contribution >= 4 is 22.9 Å². The molecule has 1 saturated carbocycles. The molecule has 1 unspecified atom stereocenters. The molecule has 1 fully saturated rings. The number of nitrogens with zero attached hydrogens (tertiary/aromatic N) is 2. The molecule has 0 radical (unpaired) electrons. The smallest absolute Gasteiger partial charge is 0.410 e. The number of fused-ring (bicyclic) bond motifs is 3. The number of carbonyl (C=O) groups is 2. The minimum atomic E-state index is -0.505. The van der Waals surface area contributed by atoms with Crippen molar-refractivity contribution in [3.63, 3.8) is 0 Å². The zero-order valence-corrected chi connectivity index (χ0v) is 22.7. The highest BCUT2D eigenvalue weighted by molar-refractivity contribution is 5.86. The van der Waals surface area contributed by atoms with Crippen LogP contribution in [0.4, 0.5) is 9.18 Å². The van der Waals surface area contributed by atoms with E-state index in [0.717, 1.165) is 55.1 Å². The second kappa shape index (κ2) is 10.4. The zero-order chi connectivity index (χ0) is 26.2. The summed E-state index contributed by atoms with van der Waals surface area (Å²) in [5, 5.41) is 1.07. The van der Waals surface area contributed by atoms with Gasteiger partial charge in [0.05, 0.1) is 6.04 Å². The molecular formula is C29H42FN3O3. The van der Waals surface area contributed by atoms with Crippen molar-refractivity contribution in [3.8, 4) is 0 Å². The molecule has 7 heteroatoms. The van der Waals surface area contributed by atoms with Crippen molar-refractivity contribution in [2.24, 2.45) is 17.8 Å². The summed E-state index contributed by atoms with van der Waals surface area (Å²) in [4.78, 5) is 33.4. The third-order valence-corrected chi connectivity index (χ3v) is 7.62. The summed E-state index contributed by atoms with van der Waals surface area (Å²) in [6.07, 6.45) is 4.94. The highest BCUT2D eigenvalue weighted by atomic mass is 19.1. The van der Waals surface area contributed by atoms with E-state index in [1.54, 1.807) is 18.0 Å². The molecule has 1 aliphatic heterocycles. The van der Waals surface area contributed by atoms with Gasteiger partial charge in [0.1, 0.15) is 11.4 Å². The number of rotatable bonds is 5. The van der Waals surface area contributed by atoms with Gasteiger partial charge in [-0.2, -0.15) is 0 Å². The van der Waals surface area contributed by atoms with Gasteiger partial charge >= 0.3 is 6.09 Å². The van der Waals surface area contributed by atoms with E-state index in [-0.39, 0.29) is 29.8 Å². The number of aromatic nitrogens is 1. The van der Waals surface area contributed by atoms with Gasteiger partial charge in [-0.05, 0) is 94.9 Å². The average molecular weight is 500 g/mol. The fourth-order valence-corrected chi connectivity index (χ4v) is 5.93. The van der Waals surface area contributed by atoms with E-state index in [1.807, 2.05) is 26.8 Å². The van der Waals surface area contributed by atoms with Crippen LogP contribution in [0.3, 0.4) is 0 Å². The van der Waals surface area contributed by atoms with E-state index in [2.05, 4.69) is 23.7 Å². The maximum Gasteiger partial charge on any atom is 0.410 e. The Morgan fingerprint density at radius 3 is 2.53 bits per heavy atom. The topological polar surface area (TPSA) is 65.6 Å². The number of nitrogens with one attached hydrogen (secondary N) is 1. The van der Waals surface area contributed by atoms with E-state index < -0.39 is 5.60 Å². The minimum Gasteiger partial charge on any atom is -0.444 e. The lowest BCUT2D eigenvalue weighted by molar-refractivity contribution is -0.140. The molecule has 198 valence electrons. The van der Waals surface area contributed by atoms with Gasteiger partial charge in [0.15, 0.2) is 0 Å². The summed E-state index contributed by atoms with van der Waals surface area (Å²) < 4.78 is 19.4. The molecule has 0 saturated heterocycles. The molecular weight excluding hydrogens is 457 g/mol. The normalized spacial score (nSPS) is 22.6. The first-order valence-electron chi connectivity index (χ1n) is 13.5. The summed E-state index contributed by atoms with van der Waals surface area (Å²) >= 11 is 0. The fourth-order valence-electron chi connectivity index (χ4n) is 5.93. The summed E-state index contributed by atoms with van der Waals surface area (Å²) in [5.41, 5.74) is 2.62. The molecule has 2 aliphatic rings. The number of aromatic amines is 1. The van der Waals surface area contributed by atoms with Gasteiger partial charge in [-0.15, -0.1) is 0 Å². The Morgan fingerprint density at radius 2 is 1.89 bits per heavy atom. The van der Waals surface area contributed by atoms with Crippen molar-refractivity contribution < 1.29 is 18.7 Å². The third kappa shape index (κ3) is 5.87. The number of hydrogen-bond acceptors (Lipinski definition) is 3. The molecule has 1 aliphatic carbocycles. The highest BCUT2D eigenvalue weighted by Crippen LogP contribution is 2.40. The first-order chi connectivity index (χ1) is 16.9. The van der Waals surface area contributed by atoms with Crippen molar-refractivity contribution in [2.45, 2.75) is 84.8 Å². The van der Waals surface area contributed by atoms with Gasteiger partial charge in [0.25, 0.3) is 0 Å². The summed E-state index contributed by atoms with van der Waals surface area (Å²) in [6, 6.07) is 4.93. The van der Waals surface area contributed by atoms with Crippen molar-refractivity contribution in [1.82, 2.24) is 14.8 Å². The predicted molar refractivity (Wildman–Crippen MR) is 140 cm³/mol. The summed E-state index contributed by atoms with van der Waals surface area (Å²) in [6.45, 7) is 11.4. The quantitative estimate of drug-likeness (QED) is 0.514. The van der Waals surface area contributed by atoms with E-state index in [1.165, 1.54) is 11.6 Å². The zero-order valence-electron chi connectivity index (χ0n) is 22.7. The SMILES string of the molecule is CC(C)CC1c2[nH]c3cc(F)ccc3c2CCN1C(=O)C1CCC(CN(C)C(=O)OC(C)(C)C)CC1. The second-order valence-corrected chi connectivity index (χ2v) is 12.2. The van der Waals surface area contributed by atoms with E-state index in [9.17, 15) is 14.0 Å². The molecule has 6 nitrogen and oxygen atoms in total. The Balaban J connectivity index is 1.42. The van der Waals surface area contributed by atoms with E-state index in [4.69, 9.17) is 4.74 Å². The lowest BCUT2D eigenvalue weighted by atomic mass is 9.80. The molecule has 4 rings (SSSR count). The van der Waals surface area contributed by atoms with Gasteiger partial charge in [0, 0.05) is 42.7 Å². The van der Waals surface area contributed by atoms with Crippen molar-refractivity contribution in [2.75, 3.05) is 20.1 Å². The van der Waals surface area contributed by atoms with Crippen LogP contribution in [0.15, 0.2) is 18.2 Å². The van der Waals surface area contributed by atoms with Gasteiger partial charge in [-0.3, -0.25) is 4.79 Å². The number of benzene rings is 1. The minimum absolute atomic E-state index is 0.00673. The number of halogens is 1. The maximum atomic E-state index is 13.9. The first-order valence-corrected chi connectivity index (χ1v) is 13.5. The average Bonchev–Trinajstić information content (AvgIpc) is 3.16. The molecule has 2 heterocycles. The Labute approximate surface area is 214 Å². The van der Waals surface area contributed by atoms with Crippen LogP contribution >= 0.6 is 0 Å². The van der Waals surface area contributed by atoms with Crippen molar-refractivity contribution in [3.05, 3.63) is 35.3 Å². The number of carbonyl (C=O) groups excluding carboxylic acids is 2. The molecule has 36 heavy (non-hydrogen) atoms. The van der Waals surface area contributed by atoms with Crippen LogP contribution in [0, 0.1) is 23.6 Å². The molecule has 2 amide bonds. The van der Waals surface area contributed by atoms with Crippen LogP contribution in [0.5, 0.6) is 0 Å². The predicted octanol–water partition coefficient (Wildman–Crippen LogP) is 6.45. The summed E-state index contributed by atoms with van der Waals surface area (Å²) in [7, 11) is 1.79. The van der Waals surface area contributed by atoms with E-state index in [0.29, 0.717) is 24.9 Å². The van der Waals surface area contributed by atoms with Gasteiger partial charge in [0.2, 0.25) is 5.91 Å². The lowest BCUT2D eigenvalue weighted by Gasteiger charge is -2.40. The monoisotopic (exact) mass is 499 g/mol. The first kappa shape index (κ1) is 26.5. The maximum absolute atomic E-state index is 13.9. The molecule has 0 spiro atoms. The second-order valence-electron chi connectivity index (χ2n) is 12.2. The largest absolute Gasteiger partial charge is 0.444 e. The van der Waals surface area contributed by atoms with Gasteiger partial charge in [-0.25, -0.2) is 9.18 Å². The van der Waals surface area contributed by atoms with Crippen LogP contribution < -0.4 is 0 Å². The standard InChI is InChI=1S/C29H42FN3O3/c1-18(2)15-25-26-23(22-12-11-21(30)16-24(22)31-26)13-14-33(25)27(34)20-9-7-19(8-10-20)17-32(6)28(35)36-29(3,4)5/h11-12,16,18-20,25,31H,7-10,13-15,17H2,1-6H3. The lowest BCUT2D eigenvalue weighted by Crippen LogP contribution is -2.45. The fraction of sp³-hybridized carbons (Fsp3) is 0.655. The van der Waals surface area contributed by atoms with Crippen LogP contribution in [-0.4, -0.2) is 52.5 Å². The van der Waals surface area contributed by atoms with Crippen LogP contribution in [0.2, 0.25) is 0 Å². The highest BCUT2D eigenvalue weighted by Gasteiger charge is 2.38. The Bertz CT molecular complexity index is 1100. The number of H-pyrrole nitrogens is 1. The van der Waals surface area contributed by atoms with Crippen LogP contribution in [0.25, 0.3) is 10.9 Å². The van der Waals surface area contributed by atoms with Crippen LogP contribution in [-0.2, 0) is 16.0 Å². The summed E-state index contributed by atoms with van der Waals surface area (Å²) in [5.74, 6) is 0.831. The number of amides is 2. The Kier molecular flexibility index (Phi) is 7.67. The van der Waals surface area contributed by atoms with Crippen molar-refractivity contribution in [1.29, 1.82) is 0 Å². The molecule has 1 N–H and O–H groups in total. The van der Waals surface area contributed by atoms with Crippen LogP contribution in [0.1, 0.15) is 84.0 Å². The molecule has 1 aromatic carbocycles. The Hall–Kier alpha value is -2.57. The van der Waals surface area contributed by atoms with E-state index >= 15 is 0 Å².